The van der Waals surface area contributed by atoms with Crippen LogP contribution in [0, 0.1) is 12.3 Å². The van der Waals surface area contributed by atoms with E-state index >= 15 is 0 Å². The molecule has 0 amide bonds. The SMILES string of the molecule is C#CCC(C)n1c(O)ccc1O. The van der Waals surface area contributed by atoms with Crippen LogP contribution >= 0.6 is 0 Å². The van der Waals surface area contributed by atoms with Crippen molar-refractivity contribution in [1.29, 1.82) is 0 Å². The van der Waals surface area contributed by atoms with Gasteiger partial charge in [-0.1, -0.05) is 0 Å². The van der Waals surface area contributed by atoms with Crippen LogP contribution in [0.5, 0.6) is 11.8 Å². The van der Waals surface area contributed by atoms with E-state index in [-0.39, 0.29) is 17.8 Å². The van der Waals surface area contributed by atoms with Gasteiger partial charge in [0.05, 0.1) is 0 Å². The third kappa shape index (κ3) is 1.37. The average molecular weight is 165 g/mol. The summed E-state index contributed by atoms with van der Waals surface area (Å²) in [5.74, 6) is 2.54. The summed E-state index contributed by atoms with van der Waals surface area (Å²) in [4.78, 5) is 0. The Bertz CT molecular complexity index is 289. The Kier molecular flexibility index (Phi) is 2.29. The van der Waals surface area contributed by atoms with Gasteiger partial charge >= 0.3 is 0 Å². The van der Waals surface area contributed by atoms with Gasteiger partial charge in [-0.05, 0) is 6.92 Å². The van der Waals surface area contributed by atoms with E-state index in [0.29, 0.717) is 6.42 Å². The summed E-state index contributed by atoms with van der Waals surface area (Å²) in [6.07, 6.45) is 5.59. The smallest absolute Gasteiger partial charge is 0.194 e. The van der Waals surface area contributed by atoms with Gasteiger partial charge < -0.3 is 10.2 Å². The van der Waals surface area contributed by atoms with Crippen LogP contribution < -0.4 is 0 Å². The van der Waals surface area contributed by atoms with Crippen LogP contribution in [0.3, 0.4) is 0 Å². The number of rotatable bonds is 2. The van der Waals surface area contributed by atoms with Gasteiger partial charge in [-0.3, -0.25) is 4.57 Å². The van der Waals surface area contributed by atoms with E-state index in [1.807, 2.05) is 6.92 Å². The molecule has 3 heteroatoms. The Morgan fingerprint density at radius 3 is 2.42 bits per heavy atom. The minimum absolute atomic E-state index is 0.0373. The number of hydrogen-bond acceptors (Lipinski definition) is 2. The summed E-state index contributed by atoms with van der Waals surface area (Å²) in [7, 11) is 0. The van der Waals surface area contributed by atoms with Crippen molar-refractivity contribution in [2.45, 2.75) is 19.4 Å². The number of hydrogen-bond donors (Lipinski definition) is 2. The highest BCUT2D eigenvalue weighted by molar-refractivity contribution is 5.25. The third-order valence-electron chi connectivity index (χ3n) is 1.73. The van der Waals surface area contributed by atoms with Crippen LogP contribution in [-0.2, 0) is 0 Å². The van der Waals surface area contributed by atoms with E-state index in [0.717, 1.165) is 0 Å². The van der Waals surface area contributed by atoms with Crippen LogP contribution in [-0.4, -0.2) is 14.8 Å². The van der Waals surface area contributed by atoms with Crippen molar-refractivity contribution in [1.82, 2.24) is 4.57 Å². The maximum atomic E-state index is 9.26. The first kappa shape index (κ1) is 8.54. The first-order chi connectivity index (χ1) is 5.66. The zero-order valence-corrected chi connectivity index (χ0v) is 6.86. The van der Waals surface area contributed by atoms with Crippen molar-refractivity contribution in [3.63, 3.8) is 0 Å². The Balaban J connectivity index is 2.94. The quantitative estimate of drug-likeness (QED) is 0.652. The molecule has 0 saturated carbocycles. The molecule has 0 radical (unpaired) electrons. The summed E-state index contributed by atoms with van der Waals surface area (Å²) < 4.78 is 1.39. The van der Waals surface area contributed by atoms with Crippen LogP contribution in [0.2, 0.25) is 0 Å². The molecule has 3 nitrogen and oxygen atoms in total. The fourth-order valence-corrected chi connectivity index (χ4v) is 1.14. The molecule has 0 spiro atoms. The van der Waals surface area contributed by atoms with Gasteiger partial charge in [-0.2, -0.15) is 0 Å². The Morgan fingerprint density at radius 2 is 2.00 bits per heavy atom. The Labute approximate surface area is 71.3 Å². The standard InChI is InChI=1S/C9H11NO2/c1-3-4-7(2)10-8(11)5-6-9(10)12/h1,5-7,11-12H,4H2,2H3. The largest absolute Gasteiger partial charge is 0.494 e. The molecular weight excluding hydrogens is 154 g/mol. The monoisotopic (exact) mass is 165 g/mol. The summed E-state index contributed by atoms with van der Waals surface area (Å²) in [6, 6.07) is 2.79. The molecule has 0 saturated heterocycles. The van der Waals surface area contributed by atoms with E-state index in [2.05, 4.69) is 5.92 Å². The predicted molar refractivity (Wildman–Crippen MR) is 45.9 cm³/mol. The molecule has 0 aliphatic rings. The summed E-state index contributed by atoms with van der Waals surface area (Å²) in [5, 5.41) is 18.5. The number of terminal acetylenes is 1. The van der Waals surface area contributed by atoms with Crippen molar-refractivity contribution in [3.8, 4) is 24.1 Å². The molecule has 1 unspecified atom stereocenters. The van der Waals surface area contributed by atoms with E-state index in [1.54, 1.807) is 0 Å². The highest BCUT2D eigenvalue weighted by Gasteiger charge is 2.11. The zero-order valence-electron chi connectivity index (χ0n) is 6.86. The first-order valence-corrected chi connectivity index (χ1v) is 3.69. The van der Waals surface area contributed by atoms with E-state index in [4.69, 9.17) is 6.42 Å². The highest BCUT2D eigenvalue weighted by atomic mass is 16.3. The van der Waals surface area contributed by atoms with Gasteiger partial charge in [-0.25, -0.2) is 0 Å². The fraction of sp³-hybridized carbons (Fsp3) is 0.333. The molecule has 1 aromatic rings. The van der Waals surface area contributed by atoms with E-state index in [9.17, 15) is 10.2 Å². The molecule has 1 heterocycles. The van der Waals surface area contributed by atoms with Gasteiger partial charge in [0.2, 0.25) is 0 Å². The molecule has 1 rings (SSSR count). The molecule has 0 aliphatic heterocycles. The second-order valence-corrected chi connectivity index (χ2v) is 2.68. The van der Waals surface area contributed by atoms with E-state index in [1.165, 1.54) is 16.7 Å². The average Bonchev–Trinajstić information content (AvgIpc) is 2.32. The van der Waals surface area contributed by atoms with E-state index < -0.39 is 0 Å². The number of aromatic nitrogens is 1. The van der Waals surface area contributed by atoms with Crippen molar-refractivity contribution in [3.05, 3.63) is 12.1 Å². The lowest BCUT2D eigenvalue weighted by molar-refractivity contribution is 0.343. The van der Waals surface area contributed by atoms with Crippen molar-refractivity contribution >= 4 is 0 Å². The van der Waals surface area contributed by atoms with Gasteiger partial charge in [0.1, 0.15) is 0 Å². The van der Waals surface area contributed by atoms with Crippen molar-refractivity contribution < 1.29 is 10.2 Å². The number of nitrogens with zero attached hydrogens (tertiary/aromatic N) is 1. The molecule has 12 heavy (non-hydrogen) atoms. The molecule has 2 N–H and O–H groups in total. The second-order valence-electron chi connectivity index (χ2n) is 2.68. The van der Waals surface area contributed by atoms with Gasteiger partial charge in [0.25, 0.3) is 0 Å². The normalized spacial score (nSPS) is 12.3. The van der Waals surface area contributed by atoms with Crippen LogP contribution in [0.1, 0.15) is 19.4 Å². The van der Waals surface area contributed by atoms with Crippen LogP contribution in [0.4, 0.5) is 0 Å². The molecule has 1 atom stereocenters. The molecule has 0 aromatic carbocycles. The lowest BCUT2D eigenvalue weighted by Crippen LogP contribution is -2.02. The maximum Gasteiger partial charge on any atom is 0.194 e. The lowest BCUT2D eigenvalue weighted by atomic mass is 10.2. The molecule has 0 fully saturated rings. The minimum atomic E-state index is -0.0787. The summed E-state index contributed by atoms with van der Waals surface area (Å²) >= 11 is 0. The molecule has 64 valence electrons. The highest BCUT2D eigenvalue weighted by Crippen LogP contribution is 2.27. The Morgan fingerprint density at radius 1 is 1.50 bits per heavy atom. The fourth-order valence-electron chi connectivity index (χ4n) is 1.14. The van der Waals surface area contributed by atoms with Gasteiger partial charge in [0, 0.05) is 24.6 Å². The van der Waals surface area contributed by atoms with Crippen molar-refractivity contribution in [2.24, 2.45) is 0 Å². The van der Waals surface area contributed by atoms with Gasteiger partial charge in [0.15, 0.2) is 11.8 Å². The number of aromatic hydroxyl groups is 2. The Hall–Kier alpha value is -1.56. The molecule has 1 aromatic heterocycles. The second kappa shape index (κ2) is 3.22. The van der Waals surface area contributed by atoms with Crippen molar-refractivity contribution in [2.75, 3.05) is 0 Å². The topological polar surface area (TPSA) is 45.4 Å². The predicted octanol–water partition coefficient (Wildman–Crippen LogP) is 1.48. The molecule has 0 aliphatic carbocycles. The maximum absolute atomic E-state index is 9.26. The lowest BCUT2D eigenvalue weighted by Gasteiger charge is -2.12. The molecular formula is C9H11NO2. The molecule has 0 bridgehead atoms. The summed E-state index contributed by atoms with van der Waals surface area (Å²) in [5.41, 5.74) is 0. The first-order valence-electron chi connectivity index (χ1n) is 3.69. The minimum Gasteiger partial charge on any atom is -0.494 e. The summed E-state index contributed by atoms with van der Waals surface area (Å²) in [6.45, 7) is 1.83. The third-order valence-corrected chi connectivity index (χ3v) is 1.73. The zero-order chi connectivity index (χ0) is 9.14. The van der Waals surface area contributed by atoms with Crippen LogP contribution in [0.15, 0.2) is 12.1 Å². The van der Waals surface area contributed by atoms with Gasteiger partial charge in [-0.15, -0.1) is 12.3 Å². The van der Waals surface area contributed by atoms with Crippen LogP contribution in [0.25, 0.3) is 0 Å².